The van der Waals surface area contributed by atoms with E-state index in [1.54, 1.807) is 34.6 Å². The highest BCUT2D eigenvalue weighted by molar-refractivity contribution is 5.89. The summed E-state index contributed by atoms with van der Waals surface area (Å²) in [6, 6.07) is -2.21. The van der Waals surface area contributed by atoms with Crippen molar-refractivity contribution in [2.24, 2.45) is 0 Å². The van der Waals surface area contributed by atoms with Crippen LogP contribution in [0.4, 0.5) is 4.79 Å². The Morgan fingerprint density at radius 1 is 1.00 bits per heavy atom. The topological polar surface area (TPSA) is 131 Å². The van der Waals surface area contributed by atoms with E-state index in [2.05, 4.69) is 10.6 Å². The van der Waals surface area contributed by atoms with Crippen LogP contribution in [0.3, 0.4) is 0 Å². The number of methoxy groups -OCH3 is 1. The second-order valence-electron chi connectivity index (χ2n) is 10.2. The Labute approximate surface area is 196 Å². The van der Waals surface area contributed by atoms with E-state index in [0.717, 1.165) is 0 Å². The van der Waals surface area contributed by atoms with Gasteiger partial charge in [0.15, 0.2) is 11.8 Å². The predicted octanol–water partition coefficient (Wildman–Crippen LogP) is 1.52. The van der Waals surface area contributed by atoms with E-state index in [4.69, 9.17) is 28.4 Å². The van der Waals surface area contributed by atoms with Crippen molar-refractivity contribution in [2.45, 2.75) is 90.6 Å². The number of rotatable bonds is 10. The van der Waals surface area contributed by atoms with Crippen LogP contribution in [0.15, 0.2) is 0 Å². The molecule has 1 unspecified atom stereocenters. The molecule has 0 aromatic heterocycles. The van der Waals surface area contributed by atoms with Crippen LogP contribution in [0.25, 0.3) is 0 Å². The SMILES string of the molecule is COC(=O)[C@H](COC(C)(C)C)NC(=O)C(COC[C@H]1COC(C)(C)O1)NC(=O)OC(C)(C)C. The minimum atomic E-state index is -1.14. The van der Waals surface area contributed by atoms with Crippen LogP contribution in [-0.2, 0) is 38.0 Å². The Morgan fingerprint density at radius 3 is 2.12 bits per heavy atom. The van der Waals surface area contributed by atoms with Crippen LogP contribution in [0.5, 0.6) is 0 Å². The van der Waals surface area contributed by atoms with Crippen LogP contribution in [0.2, 0.25) is 0 Å². The first-order chi connectivity index (χ1) is 15.0. The van der Waals surface area contributed by atoms with Crippen LogP contribution in [-0.4, -0.2) is 86.7 Å². The zero-order valence-corrected chi connectivity index (χ0v) is 21.2. The Morgan fingerprint density at radius 2 is 1.64 bits per heavy atom. The van der Waals surface area contributed by atoms with E-state index in [9.17, 15) is 14.4 Å². The molecule has 0 bridgehead atoms. The van der Waals surface area contributed by atoms with Crippen LogP contribution < -0.4 is 10.6 Å². The third kappa shape index (κ3) is 12.2. The smallest absolute Gasteiger partial charge is 0.408 e. The van der Waals surface area contributed by atoms with Gasteiger partial charge in [0.2, 0.25) is 5.91 Å². The number of carbonyl (C=O) groups excluding carboxylic acids is 3. The number of hydrogen-bond acceptors (Lipinski definition) is 9. The molecule has 1 heterocycles. The summed E-state index contributed by atoms with van der Waals surface area (Å²) < 4.78 is 32.4. The van der Waals surface area contributed by atoms with Crippen molar-refractivity contribution >= 4 is 18.0 Å². The molecule has 0 aromatic rings. The van der Waals surface area contributed by atoms with Gasteiger partial charge < -0.3 is 39.1 Å². The van der Waals surface area contributed by atoms with Gasteiger partial charge in [-0.1, -0.05) is 0 Å². The summed E-state index contributed by atoms with van der Waals surface area (Å²) in [7, 11) is 1.21. The molecular weight excluding hydrogens is 436 g/mol. The fraction of sp³-hybridized carbons (Fsp3) is 0.864. The molecule has 1 rings (SSSR count). The molecule has 1 fully saturated rings. The molecular formula is C22H40N2O9. The maximum atomic E-state index is 12.9. The molecule has 0 spiro atoms. The first-order valence-corrected chi connectivity index (χ1v) is 10.9. The highest BCUT2D eigenvalue weighted by Gasteiger charge is 2.34. The summed E-state index contributed by atoms with van der Waals surface area (Å²) >= 11 is 0. The molecule has 0 aromatic carbocycles. The van der Waals surface area contributed by atoms with Gasteiger partial charge in [0, 0.05) is 0 Å². The van der Waals surface area contributed by atoms with Gasteiger partial charge in [-0.3, -0.25) is 4.79 Å². The Kier molecular flexibility index (Phi) is 10.5. The van der Waals surface area contributed by atoms with Crippen molar-refractivity contribution in [3.8, 4) is 0 Å². The molecule has 1 saturated heterocycles. The van der Waals surface area contributed by atoms with E-state index in [1.807, 2.05) is 20.8 Å². The second kappa shape index (κ2) is 12.0. The minimum Gasteiger partial charge on any atom is -0.467 e. The molecule has 1 aliphatic rings. The van der Waals surface area contributed by atoms with Gasteiger partial charge in [-0.05, 0) is 55.4 Å². The maximum absolute atomic E-state index is 12.9. The van der Waals surface area contributed by atoms with E-state index < -0.39 is 47.0 Å². The molecule has 0 radical (unpaired) electrons. The molecule has 2 amide bonds. The first kappa shape index (κ1) is 29.1. The van der Waals surface area contributed by atoms with Gasteiger partial charge in [0.25, 0.3) is 0 Å². The van der Waals surface area contributed by atoms with Crippen LogP contribution >= 0.6 is 0 Å². The lowest BCUT2D eigenvalue weighted by Gasteiger charge is -2.26. The Balaban J connectivity index is 2.82. The molecule has 3 atom stereocenters. The summed E-state index contributed by atoms with van der Waals surface area (Å²) in [4.78, 5) is 37.4. The zero-order valence-electron chi connectivity index (χ0n) is 21.2. The molecule has 33 heavy (non-hydrogen) atoms. The van der Waals surface area contributed by atoms with E-state index >= 15 is 0 Å². The Hall–Kier alpha value is -1.95. The fourth-order valence-electron chi connectivity index (χ4n) is 2.71. The van der Waals surface area contributed by atoms with Crippen LogP contribution in [0.1, 0.15) is 55.4 Å². The van der Waals surface area contributed by atoms with Crippen molar-refractivity contribution in [2.75, 3.05) is 33.5 Å². The average molecular weight is 477 g/mol. The predicted molar refractivity (Wildman–Crippen MR) is 119 cm³/mol. The lowest BCUT2D eigenvalue weighted by atomic mass is 10.2. The molecule has 11 heteroatoms. The monoisotopic (exact) mass is 476 g/mol. The number of amides is 2. The number of nitrogens with one attached hydrogen (secondary N) is 2. The van der Waals surface area contributed by atoms with Crippen molar-refractivity contribution in [1.82, 2.24) is 10.6 Å². The number of hydrogen-bond donors (Lipinski definition) is 2. The summed E-state index contributed by atoms with van der Waals surface area (Å²) in [6.45, 7) is 14.4. The normalized spacial score (nSPS) is 20.0. The van der Waals surface area contributed by atoms with Gasteiger partial charge in [-0.15, -0.1) is 0 Å². The highest BCUT2D eigenvalue weighted by Crippen LogP contribution is 2.22. The molecule has 0 aliphatic carbocycles. The standard InChI is InChI=1S/C22H40N2O9/c1-20(2,3)30-13-16(18(26)28-9)23-17(25)15(24-19(27)33-21(4,5)6)12-29-10-14-11-31-22(7,8)32-14/h14-16H,10-13H2,1-9H3,(H,23,25)(H,24,27)/t14-,15?,16-/m0/s1. The highest BCUT2D eigenvalue weighted by atomic mass is 16.7. The van der Waals surface area contributed by atoms with Crippen molar-refractivity contribution in [1.29, 1.82) is 0 Å². The van der Waals surface area contributed by atoms with Crippen LogP contribution in [0, 0.1) is 0 Å². The maximum Gasteiger partial charge on any atom is 0.408 e. The Bertz CT molecular complexity index is 668. The van der Waals surface area contributed by atoms with Crippen molar-refractivity contribution in [3.63, 3.8) is 0 Å². The number of carbonyl (C=O) groups is 3. The second-order valence-corrected chi connectivity index (χ2v) is 10.2. The summed E-state index contributed by atoms with van der Waals surface area (Å²) in [6.07, 6.45) is -1.11. The minimum absolute atomic E-state index is 0.107. The van der Waals surface area contributed by atoms with Gasteiger partial charge >= 0.3 is 12.1 Å². The molecule has 192 valence electrons. The summed E-state index contributed by atoms with van der Waals surface area (Å²) in [5.74, 6) is -2.04. The first-order valence-electron chi connectivity index (χ1n) is 10.9. The molecule has 11 nitrogen and oxygen atoms in total. The lowest BCUT2D eigenvalue weighted by molar-refractivity contribution is -0.149. The molecule has 1 aliphatic heterocycles. The largest absolute Gasteiger partial charge is 0.467 e. The number of ether oxygens (including phenoxy) is 6. The van der Waals surface area contributed by atoms with E-state index in [0.29, 0.717) is 6.61 Å². The number of alkyl carbamates (subject to hydrolysis) is 1. The van der Waals surface area contributed by atoms with Gasteiger partial charge in [0.05, 0.1) is 39.1 Å². The van der Waals surface area contributed by atoms with Crippen molar-refractivity contribution in [3.05, 3.63) is 0 Å². The summed E-state index contributed by atoms with van der Waals surface area (Å²) in [5.41, 5.74) is -1.30. The van der Waals surface area contributed by atoms with Gasteiger partial charge in [-0.2, -0.15) is 0 Å². The van der Waals surface area contributed by atoms with Crippen molar-refractivity contribution < 1.29 is 42.8 Å². The lowest BCUT2D eigenvalue weighted by Crippen LogP contribution is -2.55. The summed E-state index contributed by atoms with van der Waals surface area (Å²) in [5, 5.41) is 5.04. The quantitative estimate of drug-likeness (QED) is 0.451. The zero-order chi connectivity index (χ0) is 25.4. The molecule has 0 saturated carbocycles. The fourth-order valence-corrected chi connectivity index (χ4v) is 2.71. The third-order valence-corrected chi connectivity index (χ3v) is 4.15. The van der Waals surface area contributed by atoms with Gasteiger partial charge in [-0.25, -0.2) is 9.59 Å². The third-order valence-electron chi connectivity index (χ3n) is 4.15. The average Bonchev–Trinajstić information content (AvgIpc) is 2.99. The van der Waals surface area contributed by atoms with Gasteiger partial charge in [0.1, 0.15) is 17.7 Å². The number of esters is 1. The van der Waals surface area contributed by atoms with E-state index in [1.165, 1.54) is 7.11 Å². The van der Waals surface area contributed by atoms with E-state index in [-0.39, 0.29) is 25.9 Å². The molecule has 2 N–H and O–H groups in total.